The number of hydrogen-bond donors (Lipinski definition) is 2. The number of unbranched alkanes of at least 4 members (excludes halogenated alkanes) is 2. The van der Waals surface area contributed by atoms with Crippen LogP contribution in [0.15, 0.2) is 48.5 Å². The van der Waals surface area contributed by atoms with Gasteiger partial charge in [-0.05, 0) is 75.0 Å². The standard InChI is InChI=1S/C27H38ClN3O3/c1-21(2)29-26(32)20-31-17-15-30(16-18-31)14-4-3-5-19-34-25-12-8-23(9-13-25)27(33)22-6-10-24(28)11-7-22/h6-13,21,27,33H,3-5,14-20H2,1-2H3,(H,29,32). The van der Waals surface area contributed by atoms with Crippen molar-refractivity contribution in [2.45, 2.75) is 45.3 Å². The van der Waals surface area contributed by atoms with Crippen molar-refractivity contribution in [1.29, 1.82) is 0 Å². The van der Waals surface area contributed by atoms with Gasteiger partial charge in [0.1, 0.15) is 11.9 Å². The molecule has 1 heterocycles. The third-order valence-corrected chi connectivity index (χ3v) is 6.30. The highest BCUT2D eigenvalue weighted by molar-refractivity contribution is 6.30. The number of hydrogen-bond acceptors (Lipinski definition) is 5. The molecule has 0 spiro atoms. The Morgan fingerprint density at radius 1 is 0.941 bits per heavy atom. The molecule has 6 nitrogen and oxygen atoms in total. The summed E-state index contributed by atoms with van der Waals surface area (Å²) in [5.41, 5.74) is 1.64. The van der Waals surface area contributed by atoms with Gasteiger partial charge in [-0.15, -0.1) is 0 Å². The van der Waals surface area contributed by atoms with Crippen LogP contribution in [-0.2, 0) is 4.79 Å². The van der Waals surface area contributed by atoms with E-state index in [1.165, 1.54) is 0 Å². The lowest BCUT2D eigenvalue weighted by molar-refractivity contribution is -0.123. The van der Waals surface area contributed by atoms with Crippen LogP contribution in [0.1, 0.15) is 50.3 Å². The Bertz CT molecular complexity index is 866. The van der Waals surface area contributed by atoms with Crippen LogP contribution in [0.25, 0.3) is 0 Å². The van der Waals surface area contributed by atoms with E-state index in [-0.39, 0.29) is 11.9 Å². The molecule has 1 amide bonds. The van der Waals surface area contributed by atoms with Crippen molar-refractivity contribution in [3.05, 3.63) is 64.7 Å². The SMILES string of the molecule is CC(C)NC(=O)CN1CCN(CCCCCOc2ccc(C(O)c3ccc(Cl)cc3)cc2)CC1. The zero-order valence-electron chi connectivity index (χ0n) is 20.4. The number of aliphatic hydroxyl groups excluding tert-OH is 1. The highest BCUT2D eigenvalue weighted by Crippen LogP contribution is 2.25. The van der Waals surface area contributed by atoms with Gasteiger partial charge in [0.15, 0.2) is 0 Å². The summed E-state index contributed by atoms with van der Waals surface area (Å²) in [4.78, 5) is 16.6. The number of carbonyl (C=O) groups is 1. The maximum absolute atomic E-state index is 11.9. The first-order valence-electron chi connectivity index (χ1n) is 12.3. The second kappa shape index (κ2) is 13.7. The summed E-state index contributed by atoms with van der Waals surface area (Å²) in [5, 5.41) is 14.1. The maximum atomic E-state index is 11.9. The fourth-order valence-corrected chi connectivity index (χ4v) is 4.26. The fourth-order valence-electron chi connectivity index (χ4n) is 4.13. The van der Waals surface area contributed by atoms with Crippen molar-refractivity contribution in [1.82, 2.24) is 15.1 Å². The van der Waals surface area contributed by atoms with Crippen LogP contribution in [0.5, 0.6) is 5.75 Å². The Kier molecular flexibility index (Phi) is 10.7. The molecule has 1 aliphatic rings. The Morgan fingerprint density at radius 3 is 2.15 bits per heavy atom. The molecular weight excluding hydrogens is 450 g/mol. The molecule has 0 saturated carbocycles. The van der Waals surface area contributed by atoms with Crippen LogP contribution in [0.2, 0.25) is 5.02 Å². The van der Waals surface area contributed by atoms with Crippen molar-refractivity contribution >= 4 is 17.5 Å². The summed E-state index contributed by atoms with van der Waals surface area (Å²) >= 11 is 5.92. The van der Waals surface area contributed by atoms with Gasteiger partial charge in [-0.25, -0.2) is 0 Å². The normalized spacial score (nSPS) is 15.9. The smallest absolute Gasteiger partial charge is 0.234 e. The van der Waals surface area contributed by atoms with E-state index in [2.05, 4.69) is 15.1 Å². The van der Waals surface area contributed by atoms with Crippen molar-refractivity contribution in [2.75, 3.05) is 45.9 Å². The van der Waals surface area contributed by atoms with Gasteiger partial charge in [0.25, 0.3) is 0 Å². The number of carbonyl (C=O) groups excluding carboxylic acids is 1. The predicted octanol–water partition coefficient (Wildman–Crippen LogP) is 4.11. The number of ether oxygens (including phenoxy) is 1. The first-order valence-corrected chi connectivity index (χ1v) is 12.7. The summed E-state index contributed by atoms with van der Waals surface area (Å²) in [6.45, 7) is 10.2. The minimum Gasteiger partial charge on any atom is -0.494 e. The van der Waals surface area contributed by atoms with E-state index in [4.69, 9.17) is 16.3 Å². The highest BCUT2D eigenvalue weighted by Gasteiger charge is 2.18. The molecule has 1 aliphatic heterocycles. The Balaban J connectivity index is 1.26. The number of piperazine rings is 1. The Morgan fingerprint density at radius 2 is 1.53 bits per heavy atom. The van der Waals surface area contributed by atoms with E-state index >= 15 is 0 Å². The van der Waals surface area contributed by atoms with Crippen molar-refractivity contribution < 1.29 is 14.6 Å². The molecule has 0 aliphatic carbocycles. The molecule has 1 unspecified atom stereocenters. The van der Waals surface area contributed by atoms with Crippen molar-refractivity contribution in [2.24, 2.45) is 0 Å². The molecule has 1 fully saturated rings. The third-order valence-electron chi connectivity index (χ3n) is 6.05. The van der Waals surface area contributed by atoms with Gasteiger partial charge in [0.2, 0.25) is 5.91 Å². The number of rotatable bonds is 12. The lowest BCUT2D eigenvalue weighted by Gasteiger charge is -2.34. The summed E-state index contributed by atoms with van der Waals surface area (Å²) < 4.78 is 5.88. The number of halogens is 1. The molecule has 3 rings (SSSR count). The first kappa shape index (κ1) is 26.5. The zero-order chi connectivity index (χ0) is 24.3. The number of nitrogens with zero attached hydrogens (tertiary/aromatic N) is 2. The largest absolute Gasteiger partial charge is 0.494 e. The van der Waals surface area contributed by atoms with Gasteiger partial charge in [-0.2, -0.15) is 0 Å². The number of nitrogens with one attached hydrogen (secondary N) is 1. The van der Waals surface area contributed by atoms with Crippen LogP contribution in [0.3, 0.4) is 0 Å². The average Bonchev–Trinajstić information content (AvgIpc) is 2.82. The molecule has 2 aromatic rings. The van der Waals surface area contributed by atoms with E-state index in [9.17, 15) is 9.90 Å². The topological polar surface area (TPSA) is 65.0 Å². The number of amides is 1. The lowest BCUT2D eigenvalue weighted by Crippen LogP contribution is -2.50. The van der Waals surface area contributed by atoms with E-state index < -0.39 is 6.10 Å². The first-order chi connectivity index (χ1) is 16.4. The third kappa shape index (κ3) is 8.91. The summed E-state index contributed by atoms with van der Waals surface area (Å²) in [6, 6.07) is 15.1. The van der Waals surface area contributed by atoms with Gasteiger partial charge in [-0.1, -0.05) is 35.9 Å². The van der Waals surface area contributed by atoms with Crippen LogP contribution in [0.4, 0.5) is 0 Å². The van der Waals surface area contributed by atoms with E-state index in [0.29, 0.717) is 18.2 Å². The molecule has 34 heavy (non-hydrogen) atoms. The molecule has 0 radical (unpaired) electrons. The van der Waals surface area contributed by atoms with Gasteiger partial charge in [-0.3, -0.25) is 9.69 Å². The minimum absolute atomic E-state index is 0.121. The molecule has 0 bridgehead atoms. The molecule has 2 aromatic carbocycles. The van der Waals surface area contributed by atoms with Gasteiger partial charge < -0.3 is 20.1 Å². The molecule has 1 atom stereocenters. The van der Waals surface area contributed by atoms with Gasteiger partial charge >= 0.3 is 0 Å². The van der Waals surface area contributed by atoms with Crippen LogP contribution in [-0.4, -0.2) is 72.7 Å². The lowest BCUT2D eigenvalue weighted by atomic mass is 10.0. The zero-order valence-corrected chi connectivity index (χ0v) is 21.1. The highest BCUT2D eigenvalue weighted by atomic mass is 35.5. The summed E-state index contributed by atoms with van der Waals surface area (Å²) in [5.74, 6) is 0.945. The van der Waals surface area contributed by atoms with E-state index in [1.807, 2.05) is 50.2 Å². The Hall–Kier alpha value is -2.12. The second-order valence-electron chi connectivity index (χ2n) is 9.27. The van der Waals surface area contributed by atoms with Crippen LogP contribution < -0.4 is 10.1 Å². The second-order valence-corrected chi connectivity index (χ2v) is 9.71. The quantitative estimate of drug-likeness (QED) is 0.441. The monoisotopic (exact) mass is 487 g/mol. The number of benzene rings is 2. The molecule has 7 heteroatoms. The van der Waals surface area contributed by atoms with Crippen molar-refractivity contribution in [3.63, 3.8) is 0 Å². The molecular formula is C27H38ClN3O3. The molecule has 1 saturated heterocycles. The van der Waals surface area contributed by atoms with E-state index in [1.54, 1.807) is 12.1 Å². The van der Waals surface area contributed by atoms with Gasteiger partial charge in [0.05, 0.1) is 13.2 Å². The van der Waals surface area contributed by atoms with Gasteiger partial charge in [0, 0.05) is 37.2 Å². The number of aliphatic hydroxyl groups is 1. The molecule has 2 N–H and O–H groups in total. The molecule has 0 aromatic heterocycles. The summed E-state index contributed by atoms with van der Waals surface area (Å²) in [7, 11) is 0. The molecule has 186 valence electrons. The van der Waals surface area contributed by atoms with Crippen LogP contribution >= 0.6 is 11.6 Å². The van der Waals surface area contributed by atoms with E-state index in [0.717, 1.165) is 68.9 Å². The van der Waals surface area contributed by atoms with Crippen LogP contribution in [0, 0.1) is 0 Å². The average molecular weight is 488 g/mol. The van der Waals surface area contributed by atoms with Crippen molar-refractivity contribution in [3.8, 4) is 5.75 Å². The predicted molar refractivity (Wildman–Crippen MR) is 137 cm³/mol. The fraction of sp³-hybridized carbons (Fsp3) is 0.519. The summed E-state index contributed by atoms with van der Waals surface area (Å²) in [6.07, 6.45) is 2.63. The minimum atomic E-state index is -0.676. The maximum Gasteiger partial charge on any atom is 0.234 e. The Labute approximate surface area is 208 Å².